The summed E-state index contributed by atoms with van der Waals surface area (Å²) in [6.07, 6.45) is 66.7. The maximum atomic E-state index is 12.4. The Morgan fingerprint density at radius 3 is 1.20 bits per heavy atom. The minimum absolute atomic E-state index is 0.0424. The van der Waals surface area contributed by atoms with Crippen molar-refractivity contribution >= 4 is 5.91 Å². The van der Waals surface area contributed by atoms with Crippen LogP contribution in [0.4, 0.5) is 0 Å². The monoisotopic (exact) mass is 764 g/mol. The fourth-order valence-corrected chi connectivity index (χ4v) is 6.63. The number of hydrogen-bond donors (Lipinski definition) is 3. The zero-order chi connectivity index (χ0) is 40.0. The molecule has 0 radical (unpaired) electrons. The molecular weight excluding hydrogens is 675 g/mol. The van der Waals surface area contributed by atoms with Crippen molar-refractivity contribution < 1.29 is 15.0 Å². The third-order valence-corrected chi connectivity index (χ3v) is 10.2. The van der Waals surface area contributed by atoms with Gasteiger partial charge in [0.15, 0.2) is 0 Å². The van der Waals surface area contributed by atoms with Gasteiger partial charge in [0.1, 0.15) is 0 Å². The van der Waals surface area contributed by atoms with E-state index in [1.54, 1.807) is 0 Å². The van der Waals surface area contributed by atoms with Crippen LogP contribution in [0.3, 0.4) is 0 Å². The number of nitrogens with one attached hydrogen (secondary N) is 1. The van der Waals surface area contributed by atoms with E-state index in [9.17, 15) is 15.0 Å². The Hall–Kier alpha value is -2.43. The topological polar surface area (TPSA) is 69.6 Å². The number of allylic oxidation sites excluding steroid dienone is 14. The summed E-state index contributed by atoms with van der Waals surface area (Å²) >= 11 is 0. The van der Waals surface area contributed by atoms with Crippen molar-refractivity contribution in [2.24, 2.45) is 0 Å². The summed E-state index contributed by atoms with van der Waals surface area (Å²) in [7, 11) is 0. The summed E-state index contributed by atoms with van der Waals surface area (Å²) in [5, 5.41) is 23.1. The molecule has 4 nitrogen and oxygen atoms in total. The van der Waals surface area contributed by atoms with Gasteiger partial charge in [-0.25, -0.2) is 0 Å². The summed E-state index contributed by atoms with van der Waals surface area (Å²) in [6.45, 7) is 4.23. The Morgan fingerprint density at radius 1 is 0.455 bits per heavy atom. The molecule has 0 aromatic heterocycles. The van der Waals surface area contributed by atoms with Gasteiger partial charge in [0.25, 0.3) is 0 Å². The normalized spacial score (nSPS) is 13.7. The predicted molar refractivity (Wildman–Crippen MR) is 243 cm³/mol. The Morgan fingerprint density at radius 2 is 0.800 bits per heavy atom. The zero-order valence-corrected chi connectivity index (χ0v) is 36.2. The van der Waals surface area contributed by atoms with Gasteiger partial charge in [0.2, 0.25) is 5.91 Å². The summed E-state index contributed by atoms with van der Waals surface area (Å²) < 4.78 is 0. The lowest BCUT2D eigenvalue weighted by atomic mass is 10.0. The Balaban J connectivity index is 3.58. The summed E-state index contributed by atoms with van der Waals surface area (Å²) in [6, 6.07) is -0.543. The first-order valence-corrected chi connectivity index (χ1v) is 23.3. The molecule has 0 fully saturated rings. The highest BCUT2D eigenvalue weighted by molar-refractivity contribution is 5.76. The molecule has 0 spiro atoms. The zero-order valence-electron chi connectivity index (χ0n) is 36.2. The molecule has 0 rings (SSSR count). The second-order valence-corrected chi connectivity index (χ2v) is 15.4. The highest BCUT2D eigenvalue weighted by Crippen LogP contribution is 2.15. The highest BCUT2D eigenvalue weighted by atomic mass is 16.3. The van der Waals surface area contributed by atoms with Crippen molar-refractivity contribution in [1.29, 1.82) is 0 Å². The average molecular weight is 764 g/mol. The van der Waals surface area contributed by atoms with Crippen LogP contribution < -0.4 is 5.32 Å². The van der Waals surface area contributed by atoms with Crippen LogP contribution in [0.1, 0.15) is 213 Å². The van der Waals surface area contributed by atoms with Gasteiger partial charge < -0.3 is 15.5 Å². The van der Waals surface area contributed by atoms with Crippen molar-refractivity contribution in [3.05, 3.63) is 85.1 Å². The third-order valence-electron chi connectivity index (χ3n) is 10.2. The second kappa shape index (κ2) is 46.0. The molecule has 0 heterocycles. The lowest BCUT2D eigenvalue weighted by molar-refractivity contribution is -0.123. The van der Waals surface area contributed by atoms with Crippen LogP contribution in [-0.4, -0.2) is 34.9 Å². The minimum atomic E-state index is -0.665. The first-order chi connectivity index (χ1) is 27.2. The molecule has 0 bridgehead atoms. The SMILES string of the molecule is CC/C=C\C/C=C\C/C=C\C/C=C\C/C=C\C/C=C\C/C=C\CCCCCCCCCCCC(=O)NC(CO)C(O)CCCCCCCCCCCCCC. The van der Waals surface area contributed by atoms with Crippen LogP contribution in [0, 0.1) is 0 Å². The van der Waals surface area contributed by atoms with E-state index in [1.807, 2.05) is 0 Å². The van der Waals surface area contributed by atoms with Gasteiger partial charge in [-0.05, 0) is 70.6 Å². The van der Waals surface area contributed by atoms with Crippen molar-refractivity contribution in [2.45, 2.75) is 225 Å². The molecule has 0 aromatic rings. The molecule has 4 heteroatoms. The molecule has 0 aliphatic carbocycles. The molecule has 0 aliphatic heterocycles. The number of carbonyl (C=O) groups excluding carboxylic acids is 1. The number of aliphatic hydroxyl groups is 2. The largest absolute Gasteiger partial charge is 0.394 e. The molecule has 0 aromatic carbocycles. The summed E-state index contributed by atoms with van der Waals surface area (Å²) in [5.74, 6) is -0.0424. The molecule has 316 valence electrons. The Labute approximate surface area is 341 Å². The maximum absolute atomic E-state index is 12.4. The fourth-order valence-electron chi connectivity index (χ4n) is 6.63. The lowest BCUT2D eigenvalue weighted by Gasteiger charge is -2.22. The van der Waals surface area contributed by atoms with Gasteiger partial charge in [0, 0.05) is 6.42 Å². The van der Waals surface area contributed by atoms with E-state index in [-0.39, 0.29) is 12.5 Å². The summed E-state index contributed by atoms with van der Waals surface area (Å²) in [4.78, 5) is 12.4. The first kappa shape index (κ1) is 52.6. The van der Waals surface area contributed by atoms with Gasteiger partial charge in [0.05, 0.1) is 18.8 Å². The molecule has 0 saturated heterocycles. The number of aliphatic hydroxyl groups excluding tert-OH is 2. The minimum Gasteiger partial charge on any atom is -0.394 e. The third kappa shape index (κ3) is 42.6. The van der Waals surface area contributed by atoms with Crippen molar-refractivity contribution in [3.8, 4) is 0 Å². The van der Waals surface area contributed by atoms with E-state index in [0.29, 0.717) is 12.8 Å². The standard InChI is InChI=1S/C51H89NO3/c1-3-5-7-9-11-13-15-17-18-19-20-21-22-23-24-25-26-27-28-29-30-31-32-33-34-35-37-39-41-43-45-47-51(55)52-49(48-53)50(54)46-44-42-40-38-36-16-14-12-10-8-6-4-2/h5,7,11,13,17-18,20-21,23-24,26-27,29-30,49-50,53-54H,3-4,6,8-10,12,14-16,19,22,25,28,31-48H2,1-2H3,(H,52,55)/b7-5-,13-11-,18-17-,21-20-,24-23-,27-26-,30-29-. The van der Waals surface area contributed by atoms with Crippen molar-refractivity contribution in [1.82, 2.24) is 5.32 Å². The smallest absolute Gasteiger partial charge is 0.220 e. The molecule has 2 atom stereocenters. The van der Waals surface area contributed by atoms with Gasteiger partial charge >= 0.3 is 0 Å². The molecule has 0 aliphatic rings. The molecular formula is C51H89NO3. The Bertz CT molecular complexity index is 1000. The highest BCUT2D eigenvalue weighted by Gasteiger charge is 2.20. The van der Waals surface area contributed by atoms with E-state index in [1.165, 1.54) is 116 Å². The van der Waals surface area contributed by atoms with Gasteiger partial charge in [-0.15, -0.1) is 0 Å². The molecule has 0 saturated carbocycles. The van der Waals surface area contributed by atoms with Crippen molar-refractivity contribution in [3.63, 3.8) is 0 Å². The molecule has 55 heavy (non-hydrogen) atoms. The quantitative estimate of drug-likeness (QED) is 0.0429. The van der Waals surface area contributed by atoms with Crippen LogP contribution in [0.5, 0.6) is 0 Å². The maximum Gasteiger partial charge on any atom is 0.220 e. The number of rotatable bonds is 41. The number of carbonyl (C=O) groups is 1. The number of hydrogen-bond acceptors (Lipinski definition) is 3. The average Bonchev–Trinajstić information content (AvgIpc) is 3.19. The molecule has 2 unspecified atom stereocenters. The van der Waals surface area contributed by atoms with Gasteiger partial charge in [-0.2, -0.15) is 0 Å². The molecule has 3 N–H and O–H groups in total. The van der Waals surface area contributed by atoms with Crippen LogP contribution in [0.2, 0.25) is 0 Å². The van der Waals surface area contributed by atoms with E-state index in [4.69, 9.17) is 0 Å². The number of amides is 1. The van der Waals surface area contributed by atoms with Gasteiger partial charge in [-0.3, -0.25) is 4.79 Å². The van der Waals surface area contributed by atoms with E-state index >= 15 is 0 Å². The fraction of sp³-hybridized carbons (Fsp3) is 0.706. The van der Waals surface area contributed by atoms with E-state index < -0.39 is 12.1 Å². The van der Waals surface area contributed by atoms with E-state index in [2.05, 4.69) is 104 Å². The van der Waals surface area contributed by atoms with Gasteiger partial charge in [-0.1, -0.05) is 221 Å². The van der Waals surface area contributed by atoms with Crippen LogP contribution in [0.25, 0.3) is 0 Å². The Kier molecular flexibility index (Phi) is 43.9. The molecule has 1 amide bonds. The van der Waals surface area contributed by atoms with E-state index in [0.717, 1.165) is 70.6 Å². The first-order valence-electron chi connectivity index (χ1n) is 23.3. The predicted octanol–water partition coefficient (Wildman–Crippen LogP) is 14.9. The van der Waals surface area contributed by atoms with Crippen LogP contribution in [0.15, 0.2) is 85.1 Å². The van der Waals surface area contributed by atoms with Crippen molar-refractivity contribution in [2.75, 3.05) is 6.61 Å². The van der Waals surface area contributed by atoms with Crippen LogP contribution >= 0.6 is 0 Å². The number of unbranched alkanes of at least 4 members (excludes halogenated alkanes) is 20. The summed E-state index contributed by atoms with van der Waals surface area (Å²) in [5.41, 5.74) is 0. The second-order valence-electron chi connectivity index (χ2n) is 15.4. The van der Waals surface area contributed by atoms with Crippen LogP contribution in [-0.2, 0) is 4.79 Å². The lowest BCUT2D eigenvalue weighted by Crippen LogP contribution is -2.45.